The fraction of sp³-hybridized carbons (Fsp3) is 0.333. The molecule has 0 amide bonds. The van der Waals surface area contributed by atoms with Crippen LogP contribution in [0.4, 0.5) is 10.2 Å². The van der Waals surface area contributed by atoms with Gasteiger partial charge in [0.05, 0.1) is 25.3 Å². The number of rotatable bonds is 4. The average molecular weight is 423 g/mol. The van der Waals surface area contributed by atoms with E-state index >= 15 is 0 Å². The zero-order chi connectivity index (χ0) is 22.0. The molecule has 0 aliphatic carbocycles. The minimum absolute atomic E-state index is 0.129. The maximum atomic E-state index is 14.8. The van der Waals surface area contributed by atoms with Crippen LogP contribution in [0.15, 0.2) is 64.1 Å². The number of aromatic nitrogens is 1. The number of guanidine groups is 1. The Balaban J connectivity index is 1.53. The van der Waals surface area contributed by atoms with Crippen LogP contribution in [0.25, 0.3) is 11.1 Å². The van der Waals surface area contributed by atoms with E-state index in [0.717, 1.165) is 11.1 Å². The van der Waals surface area contributed by atoms with Crippen molar-refractivity contribution >= 4 is 11.8 Å². The third-order valence-corrected chi connectivity index (χ3v) is 5.68. The Morgan fingerprint density at radius 3 is 2.52 bits per heavy atom. The van der Waals surface area contributed by atoms with Crippen LogP contribution >= 0.6 is 0 Å². The van der Waals surface area contributed by atoms with Gasteiger partial charge in [0.2, 0.25) is 0 Å². The summed E-state index contributed by atoms with van der Waals surface area (Å²) in [6.45, 7) is 7.24. The molecule has 1 aliphatic heterocycles. The van der Waals surface area contributed by atoms with Crippen LogP contribution in [-0.2, 0) is 4.74 Å². The molecule has 2 N–H and O–H groups in total. The van der Waals surface area contributed by atoms with E-state index in [1.807, 2.05) is 62.1 Å². The van der Waals surface area contributed by atoms with Gasteiger partial charge in [-0.2, -0.15) is 4.99 Å². The van der Waals surface area contributed by atoms with Crippen molar-refractivity contribution in [3.05, 3.63) is 71.7 Å². The van der Waals surface area contributed by atoms with Crippen molar-refractivity contribution in [2.75, 3.05) is 13.2 Å². The molecule has 0 saturated carbocycles. The SMILES string of the molecule is CC(c1ccc(-c2ccccc2)c(F)c1)c1cc(N=C(N)N2C(C)COCC2C)no1. The monoisotopic (exact) mass is 422 g/mol. The second kappa shape index (κ2) is 8.89. The van der Waals surface area contributed by atoms with E-state index in [4.69, 9.17) is 15.0 Å². The molecule has 1 aromatic heterocycles. The van der Waals surface area contributed by atoms with E-state index in [-0.39, 0.29) is 23.8 Å². The molecule has 4 rings (SSSR count). The van der Waals surface area contributed by atoms with Crippen molar-refractivity contribution in [1.29, 1.82) is 0 Å². The number of benzene rings is 2. The van der Waals surface area contributed by atoms with Gasteiger partial charge in [-0.1, -0.05) is 54.5 Å². The Bertz CT molecular complexity index is 1060. The Morgan fingerprint density at radius 1 is 1.13 bits per heavy atom. The number of aliphatic imine (C=N–C) groups is 1. The van der Waals surface area contributed by atoms with Gasteiger partial charge in [0.25, 0.3) is 0 Å². The van der Waals surface area contributed by atoms with Crippen LogP contribution in [-0.4, -0.2) is 41.3 Å². The lowest BCUT2D eigenvalue weighted by Gasteiger charge is -2.39. The van der Waals surface area contributed by atoms with Crippen LogP contribution in [0, 0.1) is 5.82 Å². The normalized spacial score (nSPS) is 20.6. The number of halogens is 1. The number of morpholine rings is 1. The summed E-state index contributed by atoms with van der Waals surface area (Å²) in [6, 6.07) is 16.7. The molecule has 2 aromatic carbocycles. The highest BCUT2D eigenvalue weighted by atomic mass is 19.1. The molecular formula is C24H27FN4O2. The third-order valence-electron chi connectivity index (χ3n) is 5.68. The topological polar surface area (TPSA) is 76.9 Å². The highest BCUT2D eigenvalue weighted by Crippen LogP contribution is 2.31. The molecule has 31 heavy (non-hydrogen) atoms. The van der Waals surface area contributed by atoms with E-state index in [2.05, 4.69) is 10.1 Å². The fourth-order valence-corrected chi connectivity index (χ4v) is 3.98. The van der Waals surface area contributed by atoms with Gasteiger partial charge in [0.1, 0.15) is 11.6 Å². The Labute approximate surface area is 181 Å². The van der Waals surface area contributed by atoms with E-state index < -0.39 is 0 Å². The fourth-order valence-electron chi connectivity index (χ4n) is 3.98. The Morgan fingerprint density at radius 2 is 1.84 bits per heavy atom. The first-order valence-electron chi connectivity index (χ1n) is 10.5. The lowest BCUT2D eigenvalue weighted by atomic mass is 9.95. The summed E-state index contributed by atoms with van der Waals surface area (Å²) < 4.78 is 25.8. The number of nitrogens with two attached hydrogens (primary N) is 1. The second-order valence-electron chi connectivity index (χ2n) is 8.03. The smallest absolute Gasteiger partial charge is 0.198 e. The quantitative estimate of drug-likeness (QED) is 0.488. The average Bonchev–Trinajstić information content (AvgIpc) is 3.22. The van der Waals surface area contributed by atoms with Gasteiger partial charge < -0.3 is 19.9 Å². The number of ether oxygens (including phenoxy) is 1. The van der Waals surface area contributed by atoms with Crippen LogP contribution in [0.2, 0.25) is 0 Å². The summed E-state index contributed by atoms with van der Waals surface area (Å²) in [6.07, 6.45) is 0. The molecule has 1 aliphatic rings. The summed E-state index contributed by atoms with van der Waals surface area (Å²) >= 11 is 0. The summed E-state index contributed by atoms with van der Waals surface area (Å²) in [5.74, 6) is 0.924. The van der Waals surface area contributed by atoms with E-state index in [1.165, 1.54) is 0 Å². The lowest BCUT2D eigenvalue weighted by Crippen LogP contribution is -2.55. The van der Waals surface area contributed by atoms with Crippen molar-refractivity contribution in [2.24, 2.45) is 10.7 Å². The zero-order valence-electron chi connectivity index (χ0n) is 18.0. The largest absolute Gasteiger partial charge is 0.377 e. The van der Waals surface area contributed by atoms with Gasteiger partial charge in [-0.15, -0.1) is 0 Å². The van der Waals surface area contributed by atoms with Gasteiger partial charge in [-0.25, -0.2) is 4.39 Å². The second-order valence-corrected chi connectivity index (χ2v) is 8.03. The Kier molecular flexibility index (Phi) is 6.04. The summed E-state index contributed by atoms with van der Waals surface area (Å²) in [5.41, 5.74) is 8.45. The predicted molar refractivity (Wildman–Crippen MR) is 119 cm³/mol. The minimum Gasteiger partial charge on any atom is -0.377 e. The molecule has 7 heteroatoms. The molecule has 6 nitrogen and oxygen atoms in total. The molecule has 0 radical (unpaired) electrons. The summed E-state index contributed by atoms with van der Waals surface area (Å²) in [7, 11) is 0. The van der Waals surface area contributed by atoms with Gasteiger partial charge in [0, 0.05) is 17.5 Å². The lowest BCUT2D eigenvalue weighted by molar-refractivity contribution is -0.00122. The van der Waals surface area contributed by atoms with Gasteiger partial charge >= 0.3 is 0 Å². The van der Waals surface area contributed by atoms with Crippen molar-refractivity contribution in [3.63, 3.8) is 0 Å². The molecule has 3 unspecified atom stereocenters. The molecule has 0 spiro atoms. The van der Waals surface area contributed by atoms with E-state index in [1.54, 1.807) is 18.2 Å². The third kappa shape index (κ3) is 4.46. The van der Waals surface area contributed by atoms with E-state index in [9.17, 15) is 4.39 Å². The molecule has 3 atom stereocenters. The molecule has 2 heterocycles. The summed E-state index contributed by atoms with van der Waals surface area (Å²) in [5, 5.41) is 4.04. The first-order chi connectivity index (χ1) is 14.9. The highest BCUT2D eigenvalue weighted by molar-refractivity contribution is 5.81. The molecule has 3 aromatic rings. The van der Waals surface area contributed by atoms with Crippen LogP contribution in [0.5, 0.6) is 0 Å². The van der Waals surface area contributed by atoms with Gasteiger partial charge in [-0.3, -0.25) is 0 Å². The van der Waals surface area contributed by atoms with Crippen molar-refractivity contribution < 1.29 is 13.7 Å². The minimum atomic E-state index is -0.271. The Hall–Kier alpha value is -3.19. The van der Waals surface area contributed by atoms with E-state index in [0.29, 0.717) is 36.3 Å². The van der Waals surface area contributed by atoms with Gasteiger partial charge in [0.15, 0.2) is 11.8 Å². The molecular weight excluding hydrogens is 395 g/mol. The highest BCUT2D eigenvalue weighted by Gasteiger charge is 2.27. The van der Waals surface area contributed by atoms with Gasteiger partial charge in [-0.05, 0) is 31.0 Å². The summed E-state index contributed by atoms with van der Waals surface area (Å²) in [4.78, 5) is 6.46. The first kappa shape index (κ1) is 21.1. The number of hydrogen-bond acceptors (Lipinski definition) is 4. The zero-order valence-corrected chi connectivity index (χ0v) is 18.0. The van der Waals surface area contributed by atoms with Crippen LogP contribution in [0.3, 0.4) is 0 Å². The van der Waals surface area contributed by atoms with Crippen molar-refractivity contribution in [2.45, 2.75) is 38.8 Å². The van der Waals surface area contributed by atoms with Crippen LogP contribution < -0.4 is 5.73 Å². The molecule has 162 valence electrons. The maximum absolute atomic E-state index is 14.8. The maximum Gasteiger partial charge on any atom is 0.198 e. The van der Waals surface area contributed by atoms with Crippen molar-refractivity contribution in [3.8, 4) is 11.1 Å². The first-order valence-corrected chi connectivity index (χ1v) is 10.5. The number of hydrogen-bond donors (Lipinski definition) is 1. The van der Waals surface area contributed by atoms with Crippen molar-refractivity contribution in [1.82, 2.24) is 10.1 Å². The molecule has 1 saturated heterocycles. The molecule has 1 fully saturated rings. The predicted octanol–water partition coefficient (Wildman–Crippen LogP) is 4.69. The molecule has 0 bridgehead atoms. The number of nitrogens with zero attached hydrogens (tertiary/aromatic N) is 3. The standard InChI is InChI=1S/C24H27FN4O2/c1-15-13-30-14-16(2)29(15)24(26)27-23-12-22(31-28-23)17(3)19-9-10-20(21(25)11-19)18-7-5-4-6-8-18/h4-12,15-17H,13-14H2,1-3H3,(H2,26,27,28). The van der Waals surface area contributed by atoms with Crippen LogP contribution in [0.1, 0.15) is 38.0 Å².